The van der Waals surface area contributed by atoms with Crippen molar-refractivity contribution in [1.29, 1.82) is 0 Å². The van der Waals surface area contributed by atoms with Gasteiger partial charge in [0.2, 0.25) is 0 Å². The summed E-state index contributed by atoms with van der Waals surface area (Å²) in [6.07, 6.45) is 13.5. The van der Waals surface area contributed by atoms with Gasteiger partial charge in [-0.1, -0.05) is 54.6 Å². The summed E-state index contributed by atoms with van der Waals surface area (Å²) in [5, 5.41) is 0. The molecule has 1 aliphatic rings. The first-order valence-corrected chi connectivity index (χ1v) is 13.0. The van der Waals surface area contributed by atoms with E-state index < -0.39 is 17.5 Å². The Morgan fingerprint density at radius 1 is 0.857 bits per heavy atom. The summed E-state index contributed by atoms with van der Waals surface area (Å²) in [4.78, 5) is 0. The Bertz CT molecular complexity index is 954. The Kier molecular flexibility index (Phi) is 10.7. The topological polar surface area (TPSA) is 9.23 Å². The standard InChI is InChI=1S/C31H39F3O/c1-3-5-7-9-24-11-13-26(14-12-24)21-22-35-31(33,34)29-20-19-28(23-30(29)32)27-17-15-25(16-18-27)10-8-6-4-2/h3-6,11-14,19-20,23,25,27H,7-10,15-18,21-22H2,1-2H3/b5-3+,6-4+/t25-,27-. The van der Waals surface area contributed by atoms with Gasteiger partial charge in [-0.25, -0.2) is 4.39 Å². The van der Waals surface area contributed by atoms with Gasteiger partial charge in [0.25, 0.3) is 0 Å². The average molecular weight is 485 g/mol. The van der Waals surface area contributed by atoms with Gasteiger partial charge in [0, 0.05) is 0 Å². The van der Waals surface area contributed by atoms with Gasteiger partial charge >= 0.3 is 6.11 Å². The summed E-state index contributed by atoms with van der Waals surface area (Å²) in [5.41, 5.74) is 2.28. The van der Waals surface area contributed by atoms with Gasteiger partial charge in [-0.3, -0.25) is 0 Å². The van der Waals surface area contributed by atoms with Crippen LogP contribution in [0.15, 0.2) is 66.8 Å². The van der Waals surface area contributed by atoms with Gasteiger partial charge in [-0.05, 0) is 112 Å². The van der Waals surface area contributed by atoms with Crippen molar-refractivity contribution in [3.05, 3.63) is 94.8 Å². The lowest BCUT2D eigenvalue weighted by Crippen LogP contribution is -2.22. The summed E-state index contributed by atoms with van der Waals surface area (Å²) in [7, 11) is 0. The van der Waals surface area contributed by atoms with E-state index in [9.17, 15) is 13.2 Å². The van der Waals surface area contributed by atoms with Crippen LogP contribution in [0.25, 0.3) is 0 Å². The van der Waals surface area contributed by atoms with Crippen molar-refractivity contribution in [2.24, 2.45) is 5.92 Å². The fourth-order valence-corrected chi connectivity index (χ4v) is 4.97. The molecule has 190 valence electrons. The molecule has 3 rings (SSSR count). The van der Waals surface area contributed by atoms with E-state index in [1.165, 1.54) is 24.1 Å². The highest BCUT2D eigenvalue weighted by Crippen LogP contribution is 2.39. The number of aryl methyl sites for hydroxylation is 1. The first kappa shape index (κ1) is 27.3. The third-order valence-electron chi connectivity index (χ3n) is 7.13. The molecule has 0 N–H and O–H groups in total. The van der Waals surface area contributed by atoms with Crippen molar-refractivity contribution in [2.45, 2.75) is 83.7 Å². The summed E-state index contributed by atoms with van der Waals surface area (Å²) in [6, 6.07) is 12.1. The van der Waals surface area contributed by atoms with E-state index in [4.69, 9.17) is 4.74 Å². The van der Waals surface area contributed by atoms with Gasteiger partial charge in [-0.2, -0.15) is 8.78 Å². The number of halogens is 3. The van der Waals surface area contributed by atoms with E-state index >= 15 is 0 Å². The molecule has 4 heteroatoms. The van der Waals surface area contributed by atoms with Crippen LogP contribution in [0.2, 0.25) is 0 Å². The van der Waals surface area contributed by atoms with Gasteiger partial charge in [0.15, 0.2) is 0 Å². The second-order valence-corrected chi connectivity index (χ2v) is 9.64. The van der Waals surface area contributed by atoms with Crippen LogP contribution in [-0.4, -0.2) is 6.61 Å². The van der Waals surface area contributed by atoms with Crippen LogP contribution in [-0.2, 0) is 23.7 Å². The Morgan fingerprint density at radius 3 is 2.11 bits per heavy atom. The lowest BCUT2D eigenvalue weighted by atomic mass is 9.77. The molecule has 0 aliphatic heterocycles. The number of ether oxygens (including phenoxy) is 1. The van der Waals surface area contributed by atoms with Crippen LogP contribution in [0.4, 0.5) is 13.2 Å². The molecule has 0 spiro atoms. The van der Waals surface area contributed by atoms with Crippen LogP contribution in [0, 0.1) is 11.7 Å². The fraction of sp³-hybridized carbons (Fsp3) is 0.484. The molecular formula is C31H39F3O. The Hall–Kier alpha value is -2.33. The number of hydrogen-bond donors (Lipinski definition) is 0. The molecule has 1 fully saturated rings. The van der Waals surface area contributed by atoms with Gasteiger partial charge < -0.3 is 4.74 Å². The van der Waals surface area contributed by atoms with Gasteiger partial charge in [0.05, 0.1) is 12.2 Å². The Morgan fingerprint density at radius 2 is 1.49 bits per heavy atom. The third kappa shape index (κ3) is 8.38. The number of allylic oxidation sites excluding steroid dienone is 4. The molecule has 0 radical (unpaired) electrons. The highest BCUT2D eigenvalue weighted by Gasteiger charge is 2.36. The molecule has 1 aliphatic carbocycles. The molecule has 0 saturated heterocycles. The number of rotatable bonds is 12. The zero-order valence-corrected chi connectivity index (χ0v) is 21.1. The van der Waals surface area contributed by atoms with Crippen molar-refractivity contribution in [3.63, 3.8) is 0 Å². The van der Waals surface area contributed by atoms with E-state index in [0.29, 0.717) is 12.3 Å². The summed E-state index contributed by atoms with van der Waals surface area (Å²) in [5.74, 6) is 0.0685. The minimum atomic E-state index is -3.65. The SMILES string of the molecule is C/C=C/CCc1ccc(CCOC(F)(F)c2ccc([C@H]3CC[C@H](CC/C=C/C)CC3)cc2F)cc1. The average Bonchev–Trinajstić information content (AvgIpc) is 2.85. The molecule has 0 amide bonds. The maximum Gasteiger partial charge on any atom is 0.386 e. The van der Waals surface area contributed by atoms with Crippen molar-refractivity contribution < 1.29 is 17.9 Å². The molecule has 2 aromatic carbocycles. The zero-order valence-electron chi connectivity index (χ0n) is 21.1. The van der Waals surface area contributed by atoms with E-state index in [2.05, 4.69) is 18.2 Å². The molecule has 0 atom stereocenters. The van der Waals surface area contributed by atoms with Crippen LogP contribution >= 0.6 is 0 Å². The molecule has 1 saturated carbocycles. The van der Waals surface area contributed by atoms with E-state index in [1.54, 1.807) is 6.07 Å². The second-order valence-electron chi connectivity index (χ2n) is 9.64. The van der Waals surface area contributed by atoms with Crippen LogP contribution in [0.5, 0.6) is 0 Å². The highest BCUT2D eigenvalue weighted by molar-refractivity contribution is 5.29. The number of alkyl halides is 2. The first-order valence-electron chi connectivity index (χ1n) is 13.0. The molecule has 0 bridgehead atoms. The Balaban J connectivity index is 1.50. The highest BCUT2D eigenvalue weighted by atomic mass is 19.3. The number of benzene rings is 2. The third-order valence-corrected chi connectivity index (χ3v) is 7.13. The number of hydrogen-bond acceptors (Lipinski definition) is 1. The van der Waals surface area contributed by atoms with E-state index in [0.717, 1.165) is 56.1 Å². The van der Waals surface area contributed by atoms with Crippen molar-refractivity contribution in [2.75, 3.05) is 6.61 Å². The van der Waals surface area contributed by atoms with Crippen LogP contribution in [0.1, 0.15) is 87.0 Å². The predicted molar refractivity (Wildman–Crippen MR) is 138 cm³/mol. The molecule has 0 unspecified atom stereocenters. The zero-order chi connectivity index (χ0) is 25.1. The lowest BCUT2D eigenvalue weighted by molar-refractivity contribution is -0.249. The first-order chi connectivity index (χ1) is 16.9. The predicted octanol–water partition coefficient (Wildman–Crippen LogP) is 9.27. The molecule has 2 aromatic rings. The fourth-order valence-electron chi connectivity index (χ4n) is 4.97. The molecule has 0 heterocycles. The van der Waals surface area contributed by atoms with Crippen molar-refractivity contribution >= 4 is 0 Å². The van der Waals surface area contributed by atoms with E-state index in [-0.39, 0.29) is 12.5 Å². The lowest BCUT2D eigenvalue weighted by Gasteiger charge is -2.29. The van der Waals surface area contributed by atoms with Crippen molar-refractivity contribution in [3.8, 4) is 0 Å². The minimum Gasteiger partial charge on any atom is -0.316 e. The summed E-state index contributed by atoms with van der Waals surface area (Å²) < 4.78 is 48.9. The van der Waals surface area contributed by atoms with Gasteiger partial charge in [0.1, 0.15) is 5.82 Å². The van der Waals surface area contributed by atoms with Gasteiger partial charge in [-0.15, -0.1) is 0 Å². The van der Waals surface area contributed by atoms with Crippen LogP contribution < -0.4 is 0 Å². The molecule has 0 aromatic heterocycles. The summed E-state index contributed by atoms with van der Waals surface area (Å²) >= 11 is 0. The normalized spacial score (nSPS) is 19.1. The second kappa shape index (κ2) is 13.7. The molecular weight excluding hydrogens is 445 g/mol. The smallest absolute Gasteiger partial charge is 0.316 e. The Labute approximate surface area is 209 Å². The molecule has 1 nitrogen and oxygen atoms in total. The minimum absolute atomic E-state index is 0.177. The largest absolute Gasteiger partial charge is 0.386 e. The molecule has 35 heavy (non-hydrogen) atoms. The summed E-state index contributed by atoms with van der Waals surface area (Å²) in [6.45, 7) is 3.86. The quantitative estimate of drug-likeness (QED) is 0.273. The maximum atomic E-state index is 14.7. The monoisotopic (exact) mass is 484 g/mol. The van der Waals surface area contributed by atoms with Crippen LogP contribution in [0.3, 0.4) is 0 Å². The van der Waals surface area contributed by atoms with Crippen molar-refractivity contribution in [1.82, 2.24) is 0 Å². The van der Waals surface area contributed by atoms with E-state index in [1.807, 2.05) is 44.2 Å². The maximum absolute atomic E-state index is 14.7.